The minimum atomic E-state index is -0.448. The minimum Gasteiger partial charge on any atom is -0.498 e. The maximum atomic E-state index is 10.7. The molecule has 1 aromatic heterocycles. The van der Waals surface area contributed by atoms with Crippen molar-refractivity contribution in [1.82, 2.24) is 9.97 Å². The highest BCUT2D eigenvalue weighted by Crippen LogP contribution is 2.26. The van der Waals surface area contributed by atoms with Crippen LogP contribution in [0.3, 0.4) is 0 Å². The average Bonchev–Trinajstić information content (AvgIpc) is 2.55. The Balaban J connectivity index is 1.98. The van der Waals surface area contributed by atoms with Crippen LogP contribution in [0, 0.1) is 10.1 Å². The van der Waals surface area contributed by atoms with E-state index in [2.05, 4.69) is 9.97 Å². The summed E-state index contributed by atoms with van der Waals surface area (Å²) in [5, 5.41) is 11.0. The minimum absolute atomic E-state index is 0.0166. The third-order valence-electron chi connectivity index (χ3n) is 3.41. The maximum Gasteiger partial charge on any atom is 0.269 e. The molecule has 1 aliphatic rings. The molecule has 0 atom stereocenters. The molecule has 2 heterocycles. The molecular weight excluding hydrogens is 320 g/mol. The molecule has 0 unspecified atom stereocenters. The van der Waals surface area contributed by atoms with Crippen LogP contribution in [0.5, 0.6) is 0 Å². The summed E-state index contributed by atoms with van der Waals surface area (Å²) in [5.74, 6) is 1.08. The van der Waals surface area contributed by atoms with Gasteiger partial charge in [0.1, 0.15) is 23.8 Å². The van der Waals surface area contributed by atoms with Crippen molar-refractivity contribution in [2.45, 2.75) is 6.92 Å². The number of hydrogen-bond donors (Lipinski definition) is 0. The van der Waals surface area contributed by atoms with Gasteiger partial charge in [-0.25, -0.2) is 9.97 Å². The van der Waals surface area contributed by atoms with Crippen molar-refractivity contribution < 1.29 is 9.66 Å². The predicted octanol–water partition coefficient (Wildman–Crippen LogP) is 3.40. The van der Waals surface area contributed by atoms with E-state index >= 15 is 0 Å². The molecule has 1 aromatic carbocycles. The van der Waals surface area contributed by atoms with Crippen LogP contribution in [0.4, 0.5) is 11.5 Å². The number of nitro groups is 1. The normalized spacial score (nSPS) is 14.2. The molecule has 0 aliphatic carbocycles. The first-order valence-electron chi connectivity index (χ1n) is 6.90. The Bertz CT molecular complexity index is 777. The number of benzene rings is 1. The van der Waals surface area contributed by atoms with Gasteiger partial charge in [-0.3, -0.25) is 10.1 Å². The summed E-state index contributed by atoms with van der Waals surface area (Å²) in [4.78, 5) is 21.0. The number of hydrogen-bond acceptors (Lipinski definition) is 6. The molecule has 3 rings (SSSR count). The molecule has 23 heavy (non-hydrogen) atoms. The zero-order valence-corrected chi connectivity index (χ0v) is 13.0. The van der Waals surface area contributed by atoms with Crippen LogP contribution in [-0.2, 0) is 4.74 Å². The van der Waals surface area contributed by atoms with Gasteiger partial charge in [0.2, 0.25) is 0 Å². The average molecular weight is 333 g/mol. The first-order valence-corrected chi connectivity index (χ1v) is 7.28. The monoisotopic (exact) mass is 332 g/mol. The number of rotatable bonds is 3. The summed E-state index contributed by atoms with van der Waals surface area (Å²) >= 11 is 6.11. The Morgan fingerprint density at radius 1 is 1.30 bits per heavy atom. The first-order chi connectivity index (χ1) is 11.0. The SMILES string of the molecule is CC1=COCCN1c1cc(Cl)nc(-c2ccc([N+](=O)[O-])cc2)n1. The van der Waals surface area contributed by atoms with Crippen LogP contribution in [0.15, 0.2) is 42.3 Å². The fourth-order valence-electron chi connectivity index (χ4n) is 2.26. The van der Waals surface area contributed by atoms with Crippen molar-refractivity contribution in [2.75, 3.05) is 18.1 Å². The van der Waals surface area contributed by atoms with Crippen LogP contribution in [-0.4, -0.2) is 28.0 Å². The lowest BCUT2D eigenvalue weighted by Crippen LogP contribution is -2.29. The number of non-ortho nitro benzene ring substituents is 1. The Labute approximate surface area is 137 Å². The number of anilines is 1. The number of ether oxygens (including phenoxy) is 1. The highest BCUT2D eigenvalue weighted by atomic mass is 35.5. The van der Waals surface area contributed by atoms with Crippen molar-refractivity contribution in [2.24, 2.45) is 0 Å². The summed E-state index contributed by atoms with van der Waals surface area (Å²) in [6.07, 6.45) is 1.67. The summed E-state index contributed by atoms with van der Waals surface area (Å²) in [6.45, 7) is 3.14. The van der Waals surface area contributed by atoms with Gasteiger partial charge in [-0.2, -0.15) is 0 Å². The number of aromatic nitrogens is 2. The molecule has 118 valence electrons. The number of halogens is 1. The quantitative estimate of drug-likeness (QED) is 0.486. The number of allylic oxidation sites excluding steroid dienone is 1. The smallest absolute Gasteiger partial charge is 0.269 e. The van der Waals surface area contributed by atoms with E-state index in [1.807, 2.05) is 11.8 Å². The number of nitrogens with zero attached hydrogens (tertiary/aromatic N) is 4. The highest BCUT2D eigenvalue weighted by Gasteiger charge is 2.17. The van der Waals surface area contributed by atoms with Crippen molar-refractivity contribution in [3.05, 3.63) is 57.6 Å². The lowest BCUT2D eigenvalue weighted by atomic mass is 10.2. The molecule has 0 bridgehead atoms. The zero-order chi connectivity index (χ0) is 16.4. The Kier molecular flexibility index (Phi) is 4.12. The third kappa shape index (κ3) is 3.24. The Morgan fingerprint density at radius 3 is 2.70 bits per heavy atom. The summed E-state index contributed by atoms with van der Waals surface area (Å²) < 4.78 is 5.27. The van der Waals surface area contributed by atoms with E-state index in [9.17, 15) is 10.1 Å². The maximum absolute atomic E-state index is 10.7. The van der Waals surface area contributed by atoms with Gasteiger partial charge in [0, 0.05) is 23.8 Å². The van der Waals surface area contributed by atoms with Gasteiger partial charge >= 0.3 is 0 Å². The van der Waals surface area contributed by atoms with Crippen molar-refractivity contribution in [3.63, 3.8) is 0 Å². The fourth-order valence-corrected chi connectivity index (χ4v) is 2.44. The Morgan fingerprint density at radius 2 is 2.04 bits per heavy atom. The zero-order valence-electron chi connectivity index (χ0n) is 12.3. The number of nitro benzene ring substituents is 1. The summed E-state index contributed by atoms with van der Waals surface area (Å²) in [5.41, 5.74) is 1.60. The first kappa shape index (κ1) is 15.2. The van der Waals surface area contributed by atoms with Gasteiger partial charge in [-0.1, -0.05) is 11.6 Å². The molecule has 8 heteroatoms. The van der Waals surface area contributed by atoms with Gasteiger partial charge in [0.25, 0.3) is 5.69 Å². The molecule has 0 saturated carbocycles. The molecule has 7 nitrogen and oxygen atoms in total. The van der Waals surface area contributed by atoms with Crippen LogP contribution >= 0.6 is 11.6 Å². The van der Waals surface area contributed by atoms with Gasteiger partial charge in [0.05, 0.1) is 17.2 Å². The van der Waals surface area contributed by atoms with Gasteiger partial charge in [-0.15, -0.1) is 0 Å². The second-order valence-corrected chi connectivity index (χ2v) is 5.35. The van der Waals surface area contributed by atoms with Gasteiger partial charge < -0.3 is 9.64 Å². The van der Waals surface area contributed by atoms with E-state index in [4.69, 9.17) is 16.3 Å². The van der Waals surface area contributed by atoms with E-state index in [1.165, 1.54) is 12.1 Å². The van der Waals surface area contributed by atoms with Gasteiger partial charge in [-0.05, 0) is 19.1 Å². The fraction of sp³-hybridized carbons (Fsp3) is 0.200. The lowest BCUT2D eigenvalue weighted by Gasteiger charge is -2.27. The predicted molar refractivity (Wildman–Crippen MR) is 86.2 cm³/mol. The van der Waals surface area contributed by atoms with Crippen molar-refractivity contribution in [3.8, 4) is 11.4 Å². The summed E-state index contributed by atoms with van der Waals surface area (Å²) in [7, 11) is 0. The largest absolute Gasteiger partial charge is 0.498 e. The standard InChI is InChI=1S/C15H13ClN4O3/c1-10-9-23-7-6-19(10)14-8-13(16)17-15(18-14)11-2-4-12(5-3-11)20(21)22/h2-5,8-9H,6-7H2,1H3. The van der Waals surface area contributed by atoms with Gasteiger partial charge in [0.15, 0.2) is 5.82 Å². The molecule has 0 N–H and O–H groups in total. The van der Waals surface area contributed by atoms with Crippen LogP contribution < -0.4 is 4.90 Å². The van der Waals surface area contributed by atoms with Crippen molar-refractivity contribution in [1.29, 1.82) is 0 Å². The van der Waals surface area contributed by atoms with E-state index in [0.717, 1.165) is 5.70 Å². The van der Waals surface area contributed by atoms with Crippen LogP contribution in [0.2, 0.25) is 5.15 Å². The summed E-state index contributed by atoms with van der Waals surface area (Å²) in [6, 6.07) is 7.72. The van der Waals surface area contributed by atoms with E-state index in [1.54, 1.807) is 24.5 Å². The molecule has 0 spiro atoms. The molecular formula is C15H13ClN4O3. The third-order valence-corrected chi connectivity index (χ3v) is 3.60. The van der Waals surface area contributed by atoms with E-state index in [-0.39, 0.29) is 5.69 Å². The lowest BCUT2D eigenvalue weighted by molar-refractivity contribution is -0.384. The van der Waals surface area contributed by atoms with Crippen LogP contribution in [0.25, 0.3) is 11.4 Å². The Hall–Kier alpha value is -2.67. The molecule has 0 amide bonds. The second kappa shape index (κ2) is 6.21. The topological polar surface area (TPSA) is 81.4 Å². The molecule has 0 radical (unpaired) electrons. The van der Waals surface area contributed by atoms with Crippen molar-refractivity contribution >= 4 is 23.1 Å². The molecule has 0 fully saturated rings. The molecule has 1 aliphatic heterocycles. The highest BCUT2D eigenvalue weighted by molar-refractivity contribution is 6.29. The second-order valence-electron chi connectivity index (χ2n) is 4.96. The molecule has 2 aromatic rings. The van der Waals surface area contributed by atoms with E-state index in [0.29, 0.717) is 35.5 Å². The molecule has 0 saturated heterocycles. The van der Waals surface area contributed by atoms with Crippen LogP contribution in [0.1, 0.15) is 6.92 Å². The van der Waals surface area contributed by atoms with E-state index < -0.39 is 4.92 Å².